The number of nitrogens with one attached hydrogen (secondary N) is 1. The van der Waals surface area contributed by atoms with Gasteiger partial charge in [0.1, 0.15) is 18.2 Å². The molecule has 0 aliphatic carbocycles. The molecule has 13 heteroatoms. The summed E-state index contributed by atoms with van der Waals surface area (Å²) in [7, 11) is -4.06. The van der Waals surface area contributed by atoms with Crippen molar-refractivity contribution in [2.45, 2.75) is 50.5 Å². The first-order valence-corrected chi connectivity index (χ1v) is 16.4. The van der Waals surface area contributed by atoms with Crippen molar-refractivity contribution in [2.75, 3.05) is 19.9 Å². The molecular formula is C33H38N4O8S. The van der Waals surface area contributed by atoms with E-state index in [1.54, 1.807) is 30.5 Å². The summed E-state index contributed by atoms with van der Waals surface area (Å²) in [5, 5.41) is 23.1. The van der Waals surface area contributed by atoms with Crippen molar-refractivity contribution in [3.8, 4) is 17.2 Å². The van der Waals surface area contributed by atoms with Gasteiger partial charge in [-0.1, -0.05) is 56.3 Å². The fourth-order valence-electron chi connectivity index (χ4n) is 5.17. The summed E-state index contributed by atoms with van der Waals surface area (Å²) in [5.74, 6) is 2.07. The van der Waals surface area contributed by atoms with E-state index in [1.165, 1.54) is 22.5 Å². The number of hydrogen-bond acceptors (Lipinski definition) is 8. The van der Waals surface area contributed by atoms with Crippen LogP contribution in [0.2, 0.25) is 0 Å². The lowest BCUT2D eigenvalue weighted by molar-refractivity contribution is 0.0980. The van der Waals surface area contributed by atoms with Gasteiger partial charge in [0, 0.05) is 38.1 Å². The van der Waals surface area contributed by atoms with Crippen LogP contribution in [0.1, 0.15) is 30.8 Å². The number of hydrogen-bond donors (Lipinski definition) is 3. The van der Waals surface area contributed by atoms with Gasteiger partial charge >= 0.3 is 6.09 Å². The zero-order valence-corrected chi connectivity index (χ0v) is 26.5. The molecular weight excluding hydrogens is 612 g/mol. The molecule has 1 aliphatic rings. The minimum atomic E-state index is -4.06. The van der Waals surface area contributed by atoms with Crippen molar-refractivity contribution in [1.82, 2.24) is 19.2 Å². The van der Waals surface area contributed by atoms with Gasteiger partial charge in [0.25, 0.3) is 0 Å². The third-order valence-electron chi connectivity index (χ3n) is 7.46. The number of sulfonamides is 1. The molecule has 0 saturated carbocycles. The number of fused-ring (bicyclic) bond motifs is 1. The van der Waals surface area contributed by atoms with E-state index in [1.807, 2.05) is 54.9 Å². The van der Waals surface area contributed by atoms with Crippen molar-refractivity contribution in [2.24, 2.45) is 5.92 Å². The highest BCUT2D eigenvalue weighted by molar-refractivity contribution is 7.89. The molecule has 46 heavy (non-hydrogen) atoms. The van der Waals surface area contributed by atoms with E-state index in [0.29, 0.717) is 23.8 Å². The van der Waals surface area contributed by atoms with E-state index in [-0.39, 0.29) is 43.7 Å². The lowest BCUT2D eigenvalue weighted by atomic mass is 10.0. The monoisotopic (exact) mass is 650 g/mol. The number of nitrogens with zero attached hydrogens (tertiary/aromatic N) is 3. The Balaban J connectivity index is 1.24. The number of aromatic nitrogens is 2. The number of carbonyl (C=O) groups is 1. The fourth-order valence-corrected chi connectivity index (χ4v) is 6.81. The van der Waals surface area contributed by atoms with Gasteiger partial charge in [0.05, 0.1) is 17.0 Å². The van der Waals surface area contributed by atoms with E-state index in [9.17, 15) is 23.4 Å². The smallest absolute Gasteiger partial charge is 0.404 e. The number of imidazole rings is 1. The predicted molar refractivity (Wildman–Crippen MR) is 169 cm³/mol. The summed E-state index contributed by atoms with van der Waals surface area (Å²) in [6, 6.07) is 20.5. The van der Waals surface area contributed by atoms with Gasteiger partial charge in [-0.25, -0.2) is 18.2 Å². The summed E-state index contributed by atoms with van der Waals surface area (Å²) < 4.78 is 47.1. The first-order valence-electron chi connectivity index (χ1n) is 14.9. The molecule has 0 fully saturated rings. The van der Waals surface area contributed by atoms with E-state index in [0.717, 1.165) is 17.0 Å². The largest absolute Gasteiger partial charge is 0.486 e. The highest BCUT2D eigenvalue weighted by atomic mass is 32.2. The Hall–Kier alpha value is -4.59. The molecule has 0 bridgehead atoms. The summed E-state index contributed by atoms with van der Waals surface area (Å²) in [4.78, 5) is 16.1. The van der Waals surface area contributed by atoms with E-state index in [4.69, 9.17) is 14.2 Å². The minimum absolute atomic E-state index is 0.00301. The van der Waals surface area contributed by atoms with Crippen molar-refractivity contribution in [1.29, 1.82) is 0 Å². The Kier molecular flexibility index (Phi) is 10.5. The molecule has 1 aliphatic heterocycles. The average Bonchev–Trinajstić information content (AvgIpc) is 3.69. The number of rotatable bonds is 15. The average molecular weight is 651 g/mol. The second-order valence-electron chi connectivity index (χ2n) is 11.4. The van der Waals surface area contributed by atoms with Gasteiger partial charge < -0.3 is 34.3 Å². The molecule has 0 radical (unpaired) electrons. The van der Waals surface area contributed by atoms with Crippen LogP contribution in [0.3, 0.4) is 0 Å². The molecule has 0 spiro atoms. The number of benzene rings is 3. The zero-order chi connectivity index (χ0) is 32.7. The quantitative estimate of drug-likeness (QED) is 0.173. The summed E-state index contributed by atoms with van der Waals surface area (Å²) >= 11 is 0. The SMILES string of the molecule is CC(C)CN(C[C@@H](O)[C@H](Cc1ccc(OCc2nccn2Cc2ccccc2)cc1)NC(=O)O)S(=O)(=O)c1ccc2c(c1)OCO2. The standard InChI is InChI=1S/C33H38N4O8S/c1-23(2)18-37(46(41,42)27-12-13-30-31(17-27)45-22-44-30)20-29(38)28(35-33(39)40)16-24-8-10-26(11-9-24)43-21-32-34-14-15-36(32)19-25-6-4-3-5-7-25/h3-15,17,23,28-29,35,38H,16,18-22H2,1-2H3,(H,39,40)/t28-,29+/m0/s1. The van der Waals surface area contributed by atoms with Crippen LogP contribution in [-0.4, -0.2) is 70.6 Å². The van der Waals surface area contributed by atoms with Gasteiger partial charge in [0.2, 0.25) is 16.8 Å². The Morgan fingerprint density at radius 1 is 1.02 bits per heavy atom. The third-order valence-corrected chi connectivity index (χ3v) is 9.29. The Labute approximate surface area is 268 Å². The molecule has 244 valence electrons. The zero-order valence-electron chi connectivity index (χ0n) is 25.7. The Bertz CT molecular complexity index is 1710. The maximum atomic E-state index is 13.7. The number of aliphatic hydroxyl groups excluding tert-OH is 1. The van der Waals surface area contributed by atoms with Crippen LogP contribution in [0.15, 0.2) is 90.1 Å². The summed E-state index contributed by atoms with van der Waals surface area (Å²) in [6.45, 7) is 4.45. The fraction of sp³-hybridized carbons (Fsp3) is 0.333. The van der Waals surface area contributed by atoms with Gasteiger partial charge in [-0.2, -0.15) is 4.31 Å². The van der Waals surface area contributed by atoms with Gasteiger partial charge in [-0.05, 0) is 47.7 Å². The molecule has 2 atom stereocenters. The van der Waals surface area contributed by atoms with Crippen LogP contribution in [0, 0.1) is 5.92 Å². The topological polar surface area (TPSA) is 152 Å². The van der Waals surface area contributed by atoms with Crippen molar-refractivity contribution < 1.29 is 37.6 Å². The van der Waals surface area contributed by atoms with Crippen molar-refractivity contribution in [3.63, 3.8) is 0 Å². The molecule has 3 aromatic carbocycles. The van der Waals surface area contributed by atoms with Crippen LogP contribution in [0.5, 0.6) is 17.2 Å². The van der Waals surface area contributed by atoms with Crippen LogP contribution in [0.4, 0.5) is 4.79 Å². The molecule has 4 aromatic rings. The van der Waals surface area contributed by atoms with Gasteiger partial charge in [0.15, 0.2) is 11.5 Å². The number of carboxylic acid groups (broad SMARTS) is 1. The Morgan fingerprint density at radius 3 is 2.48 bits per heavy atom. The van der Waals surface area contributed by atoms with Gasteiger partial charge in [-0.15, -0.1) is 0 Å². The molecule has 0 unspecified atom stereocenters. The van der Waals surface area contributed by atoms with Crippen LogP contribution in [-0.2, 0) is 29.6 Å². The second kappa shape index (κ2) is 14.7. The number of aliphatic hydroxyl groups is 1. The minimum Gasteiger partial charge on any atom is -0.486 e. The maximum Gasteiger partial charge on any atom is 0.404 e. The van der Waals surface area contributed by atoms with Crippen LogP contribution in [0.25, 0.3) is 0 Å². The predicted octanol–water partition coefficient (Wildman–Crippen LogP) is 4.13. The normalized spacial score (nSPS) is 13.9. The number of ether oxygens (including phenoxy) is 3. The summed E-state index contributed by atoms with van der Waals surface area (Å²) in [6.07, 6.45) is 1.07. The van der Waals surface area contributed by atoms with E-state index >= 15 is 0 Å². The van der Waals surface area contributed by atoms with Crippen LogP contribution < -0.4 is 19.5 Å². The van der Waals surface area contributed by atoms with E-state index in [2.05, 4.69) is 10.3 Å². The molecule has 3 N–H and O–H groups in total. The first kappa shape index (κ1) is 32.8. The first-order chi connectivity index (χ1) is 22.1. The van der Waals surface area contributed by atoms with Crippen molar-refractivity contribution in [3.05, 3.63) is 102 Å². The summed E-state index contributed by atoms with van der Waals surface area (Å²) in [5.41, 5.74) is 1.88. The molecule has 0 saturated heterocycles. The Morgan fingerprint density at radius 2 is 1.76 bits per heavy atom. The maximum absolute atomic E-state index is 13.7. The number of amides is 1. The third kappa shape index (κ3) is 8.36. The van der Waals surface area contributed by atoms with Crippen molar-refractivity contribution >= 4 is 16.1 Å². The molecule has 1 aromatic heterocycles. The van der Waals surface area contributed by atoms with Gasteiger partial charge in [-0.3, -0.25) is 0 Å². The lowest BCUT2D eigenvalue weighted by Crippen LogP contribution is -2.50. The highest BCUT2D eigenvalue weighted by Gasteiger charge is 2.32. The second-order valence-corrected chi connectivity index (χ2v) is 13.4. The lowest BCUT2D eigenvalue weighted by Gasteiger charge is -2.30. The highest BCUT2D eigenvalue weighted by Crippen LogP contribution is 2.35. The van der Waals surface area contributed by atoms with E-state index < -0.39 is 28.3 Å². The molecule has 1 amide bonds. The molecule has 12 nitrogen and oxygen atoms in total. The molecule has 5 rings (SSSR count). The molecule has 2 heterocycles. The van der Waals surface area contributed by atoms with Crippen LogP contribution >= 0.6 is 0 Å².